The fourth-order valence-electron chi connectivity index (χ4n) is 4.15. The van der Waals surface area contributed by atoms with Crippen LogP contribution in [0.4, 0.5) is 5.69 Å². The van der Waals surface area contributed by atoms with Crippen LogP contribution >= 0.6 is 23.4 Å². The summed E-state index contributed by atoms with van der Waals surface area (Å²) < 4.78 is 6.10. The van der Waals surface area contributed by atoms with Crippen LogP contribution in [0, 0.1) is 5.92 Å². The highest BCUT2D eigenvalue weighted by Crippen LogP contribution is 2.50. The zero-order valence-electron chi connectivity index (χ0n) is 13.8. The predicted octanol–water partition coefficient (Wildman–Crippen LogP) is 5.66. The molecule has 2 nitrogen and oxygen atoms in total. The second-order valence-corrected chi connectivity index (χ2v) is 8.57. The number of benzene rings is 2. The Balaban J connectivity index is 1.48. The van der Waals surface area contributed by atoms with Gasteiger partial charge in [-0.3, -0.25) is 0 Å². The number of halogens is 1. The molecule has 1 fully saturated rings. The fraction of sp³-hybridized carbons (Fsp3) is 0.333. The minimum atomic E-state index is 0.299. The highest BCUT2D eigenvalue weighted by Gasteiger charge is 2.38. The lowest BCUT2D eigenvalue weighted by Crippen LogP contribution is -2.31. The zero-order chi connectivity index (χ0) is 16.8. The van der Waals surface area contributed by atoms with Crippen molar-refractivity contribution in [3.63, 3.8) is 0 Å². The SMILES string of the molecule is Clc1ccc2c(c1)C1C=CCC1C(c1cccc(OC3CSC3)c1)N2. The van der Waals surface area contributed by atoms with Crippen molar-refractivity contribution in [2.45, 2.75) is 24.5 Å². The second kappa shape index (κ2) is 6.30. The lowest BCUT2D eigenvalue weighted by molar-refractivity contribution is 0.240. The molecule has 0 aromatic heterocycles. The Bertz CT molecular complexity index is 832. The Morgan fingerprint density at radius 1 is 1.12 bits per heavy atom. The largest absolute Gasteiger partial charge is 0.489 e. The van der Waals surface area contributed by atoms with Crippen molar-refractivity contribution >= 4 is 29.1 Å². The van der Waals surface area contributed by atoms with Crippen LogP contribution in [0.25, 0.3) is 0 Å². The first-order chi connectivity index (χ1) is 12.3. The third kappa shape index (κ3) is 2.84. The molecule has 1 saturated heterocycles. The minimum Gasteiger partial charge on any atom is -0.489 e. The van der Waals surface area contributed by atoms with Crippen LogP contribution in [0.1, 0.15) is 29.5 Å². The van der Waals surface area contributed by atoms with Gasteiger partial charge in [-0.25, -0.2) is 0 Å². The first-order valence-electron chi connectivity index (χ1n) is 8.85. The first-order valence-corrected chi connectivity index (χ1v) is 10.4. The first kappa shape index (κ1) is 15.7. The highest BCUT2D eigenvalue weighted by molar-refractivity contribution is 8.00. The Hall–Kier alpha value is -1.58. The van der Waals surface area contributed by atoms with Crippen molar-refractivity contribution in [1.29, 1.82) is 0 Å². The number of thioether (sulfide) groups is 1. The zero-order valence-corrected chi connectivity index (χ0v) is 15.4. The van der Waals surface area contributed by atoms with E-state index >= 15 is 0 Å². The number of ether oxygens (including phenoxy) is 1. The summed E-state index contributed by atoms with van der Waals surface area (Å²) in [7, 11) is 0. The van der Waals surface area contributed by atoms with E-state index in [4.69, 9.17) is 16.3 Å². The van der Waals surface area contributed by atoms with Gasteiger partial charge in [0.2, 0.25) is 0 Å². The molecule has 2 aromatic carbocycles. The molecule has 0 bridgehead atoms. The maximum absolute atomic E-state index is 6.24. The third-order valence-electron chi connectivity index (χ3n) is 5.45. The van der Waals surface area contributed by atoms with E-state index in [2.05, 4.69) is 53.9 Å². The molecule has 3 aliphatic rings. The van der Waals surface area contributed by atoms with E-state index in [-0.39, 0.29) is 0 Å². The van der Waals surface area contributed by atoms with Crippen LogP contribution in [0.15, 0.2) is 54.6 Å². The normalized spacial score (nSPS) is 27.2. The van der Waals surface area contributed by atoms with Gasteiger partial charge in [0.05, 0.1) is 6.04 Å². The summed E-state index contributed by atoms with van der Waals surface area (Å²) in [5.41, 5.74) is 3.83. The molecule has 2 aromatic rings. The van der Waals surface area contributed by atoms with Crippen molar-refractivity contribution in [3.8, 4) is 5.75 Å². The second-order valence-electron chi connectivity index (χ2n) is 7.06. The average molecular weight is 370 g/mol. The van der Waals surface area contributed by atoms with Gasteiger partial charge in [0, 0.05) is 28.1 Å². The van der Waals surface area contributed by atoms with Crippen LogP contribution < -0.4 is 10.1 Å². The van der Waals surface area contributed by atoms with Gasteiger partial charge in [0.1, 0.15) is 11.9 Å². The van der Waals surface area contributed by atoms with Crippen molar-refractivity contribution in [1.82, 2.24) is 0 Å². The van der Waals surface area contributed by atoms with E-state index in [1.807, 2.05) is 17.8 Å². The van der Waals surface area contributed by atoms with Crippen LogP contribution in [-0.4, -0.2) is 17.6 Å². The van der Waals surface area contributed by atoms with E-state index in [1.54, 1.807) is 0 Å². The predicted molar refractivity (Wildman–Crippen MR) is 106 cm³/mol. The Kier molecular flexibility index (Phi) is 3.94. The van der Waals surface area contributed by atoms with Gasteiger partial charge in [-0.2, -0.15) is 11.8 Å². The van der Waals surface area contributed by atoms with E-state index in [0.29, 0.717) is 24.0 Å². The summed E-state index contributed by atoms with van der Waals surface area (Å²) in [5.74, 6) is 4.17. The van der Waals surface area contributed by atoms with E-state index in [9.17, 15) is 0 Å². The molecule has 128 valence electrons. The molecule has 2 heterocycles. The quantitative estimate of drug-likeness (QED) is 0.705. The van der Waals surface area contributed by atoms with Gasteiger partial charge in [-0.05, 0) is 53.8 Å². The lowest BCUT2D eigenvalue weighted by atomic mass is 9.77. The molecular formula is C21H20ClNOS. The summed E-state index contributed by atoms with van der Waals surface area (Å²) in [5, 5.41) is 4.57. The summed E-state index contributed by atoms with van der Waals surface area (Å²) in [6, 6.07) is 15.1. The number of anilines is 1. The van der Waals surface area contributed by atoms with Gasteiger partial charge in [-0.15, -0.1) is 0 Å². The monoisotopic (exact) mass is 369 g/mol. The number of nitrogens with one attached hydrogen (secondary N) is 1. The van der Waals surface area contributed by atoms with E-state index in [1.165, 1.54) is 16.8 Å². The molecule has 4 heteroatoms. The summed E-state index contributed by atoms with van der Waals surface area (Å²) in [6.07, 6.45) is 6.13. The smallest absolute Gasteiger partial charge is 0.120 e. The van der Waals surface area contributed by atoms with Gasteiger partial charge in [0.25, 0.3) is 0 Å². The maximum Gasteiger partial charge on any atom is 0.120 e. The molecule has 5 rings (SSSR count). The summed E-state index contributed by atoms with van der Waals surface area (Å²) >= 11 is 8.19. The minimum absolute atomic E-state index is 0.299. The molecule has 0 amide bonds. The molecule has 0 radical (unpaired) electrons. The fourth-order valence-corrected chi connectivity index (χ4v) is 4.90. The van der Waals surface area contributed by atoms with Crippen LogP contribution in [0.2, 0.25) is 5.02 Å². The average Bonchev–Trinajstić information content (AvgIpc) is 3.08. The van der Waals surface area contributed by atoms with Gasteiger partial charge in [-0.1, -0.05) is 35.9 Å². The van der Waals surface area contributed by atoms with Crippen LogP contribution in [0.5, 0.6) is 5.75 Å². The van der Waals surface area contributed by atoms with Crippen molar-refractivity contribution < 1.29 is 4.74 Å². The summed E-state index contributed by atoms with van der Waals surface area (Å²) in [4.78, 5) is 0. The number of rotatable bonds is 3. The maximum atomic E-state index is 6.24. The van der Waals surface area contributed by atoms with Crippen molar-refractivity contribution in [2.24, 2.45) is 5.92 Å². The Morgan fingerprint density at radius 2 is 2.04 bits per heavy atom. The number of fused-ring (bicyclic) bond motifs is 3. The molecule has 1 aliphatic carbocycles. The molecule has 2 aliphatic heterocycles. The molecule has 0 spiro atoms. The van der Waals surface area contributed by atoms with Crippen LogP contribution in [0.3, 0.4) is 0 Å². The third-order valence-corrected chi connectivity index (χ3v) is 6.90. The van der Waals surface area contributed by atoms with E-state index < -0.39 is 0 Å². The Morgan fingerprint density at radius 3 is 2.88 bits per heavy atom. The lowest BCUT2D eigenvalue weighted by Gasteiger charge is -2.37. The highest BCUT2D eigenvalue weighted by atomic mass is 35.5. The topological polar surface area (TPSA) is 21.3 Å². The molecule has 25 heavy (non-hydrogen) atoms. The van der Waals surface area contributed by atoms with Crippen LogP contribution in [-0.2, 0) is 0 Å². The molecule has 3 atom stereocenters. The summed E-state index contributed by atoms with van der Waals surface area (Å²) in [6.45, 7) is 0. The van der Waals surface area contributed by atoms with Gasteiger partial charge in [0.15, 0.2) is 0 Å². The van der Waals surface area contributed by atoms with E-state index in [0.717, 1.165) is 28.7 Å². The van der Waals surface area contributed by atoms with Crippen molar-refractivity contribution in [2.75, 3.05) is 16.8 Å². The molecule has 0 saturated carbocycles. The van der Waals surface area contributed by atoms with Gasteiger partial charge < -0.3 is 10.1 Å². The standard InChI is InChI=1S/C21H20ClNOS/c22-14-7-8-20-19(10-14)17-5-2-6-18(17)21(23-20)13-3-1-4-15(9-13)24-16-11-25-12-16/h1-5,7-10,16-18,21,23H,6,11-12H2. The van der Waals surface area contributed by atoms with Gasteiger partial charge >= 0.3 is 0 Å². The number of allylic oxidation sites excluding steroid dienone is 2. The van der Waals surface area contributed by atoms with Crippen molar-refractivity contribution in [3.05, 3.63) is 70.8 Å². The Labute approximate surface area is 157 Å². The molecule has 3 unspecified atom stereocenters. The molecule has 1 N–H and O–H groups in total. The number of hydrogen-bond acceptors (Lipinski definition) is 3. The molecular weight excluding hydrogens is 350 g/mol. The number of hydrogen-bond donors (Lipinski definition) is 1.